The van der Waals surface area contributed by atoms with E-state index in [0.717, 1.165) is 49.4 Å². The van der Waals surface area contributed by atoms with Gasteiger partial charge in [-0.05, 0) is 43.0 Å². The number of carbonyl (C=O) groups excluding carboxylic acids is 1. The number of hydrogen-bond donors (Lipinski definition) is 0. The third-order valence-corrected chi connectivity index (χ3v) is 5.49. The number of amides is 1. The van der Waals surface area contributed by atoms with Gasteiger partial charge in [0.25, 0.3) is 0 Å². The van der Waals surface area contributed by atoms with Gasteiger partial charge >= 0.3 is 0 Å². The quantitative estimate of drug-likeness (QED) is 0.643. The number of hydrogen-bond acceptors (Lipinski definition) is 1. The highest BCUT2D eigenvalue weighted by Crippen LogP contribution is 2.29. The molecule has 134 valence electrons. The summed E-state index contributed by atoms with van der Waals surface area (Å²) in [5.74, 6) is 0.592. The van der Waals surface area contributed by atoms with Crippen LogP contribution in [-0.4, -0.2) is 21.9 Å². The van der Waals surface area contributed by atoms with Gasteiger partial charge in [0.2, 0.25) is 5.91 Å². The molecule has 4 heteroatoms. The number of benzene rings is 1. The normalized spacial score (nSPS) is 14.3. The van der Waals surface area contributed by atoms with Gasteiger partial charge in [-0.2, -0.15) is 0 Å². The second kappa shape index (κ2) is 8.57. The second-order valence-corrected chi connectivity index (χ2v) is 7.37. The SMILES string of the molecule is CCCCN(Cc1cccn1Cc1ccccc1Cl)C(=O)C1CCC1. The summed E-state index contributed by atoms with van der Waals surface area (Å²) in [6.45, 7) is 4.45. The van der Waals surface area contributed by atoms with E-state index in [1.165, 1.54) is 12.1 Å². The van der Waals surface area contributed by atoms with Gasteiger partial charge < -0.3 is 9.47 Å². The first-order valence-corrected chi connectivity index (χ1v) is 9.73. The molecule has 1 amide bonds. The van der Waals surface area contributed by atoms with E-state index in [1.807, 2.05) is 18.2 Å². The number of aromatic nitrogens is 1. The van der Waals surface area contributed by atoms with E-state index in [1.54, 1.807) is 0 Å². The molecule has 1 aliphatic rings. The second-order valence-electron chi connectivity index (χ2n) is 6.96. The summed E-state index contributed by atoms with van der Waals surface area (Å²) >= 11 is 6.31. The molecule has 2 aromatic rings. The minimum Gasteiger partial charge on any atom is -0.345 e. The average molecular weight is 359 g/mol. The molecule has 1 aromatic heterocycles. The highest BCUT2D eigenvalue weighted by Gasteiger charge is 2.29. The summed E-state index contributed by atoms with van der Waals surface area (Å²) in [6, 6.07) is 12.1. The van der Waals surface area contributed by atoms with Crippen LogP contribution in [0.15, 0.2) is 42.6 Å². The summed E-state index contributed by atoms with van der Waals surface area (Å²) in [7, 11) is 0. The molecule has 3 rings (SSSR count). The summed E-state index contributed by atoms with van der Waals surface area (Å²) in [5, 5.41) is 0.788. The van der Waals surface area contributed by atoms with Gasteiger partial charge in [-0.1, -0.05) is 49.6 Å². The number of rotatable bonds is 8. The first-order chi connectivity index (χ1) is 12.2. The molecule has 1 aromatic carbocycles. The maximum Gasteiger partial charge on any atom is 0.226 e. The molecule has 0 radical (unpaired) electrons. The Balaban J connectivity index is 1.72. The van der Waals surface area contributed by atoms with Gasteiger partial charge in [0.15, 0.2) is 0 Å². The number of nitrogens with zero attached hydrogens (tertiary/aromatic N) is 2. The van der Waals surface area contributed by atoms with Crippen molar-refractivity contribution in [2.75, 3.05) is 6.54 Å². The molecule has 0 aliphatic heterocycles. The summed E-state index contributed by atoms with van der Waals surface area (Å²) < 4.78 is 2.20. The highest BCUT2D eigenvalue weighted by atomic mass is 35.5. The van der Waals surface area contributed by atoms with Crippen LogP contribution in [0.3, 0.4) is 0 Å². The Morgan fingerprint density at radius 1 is 1.24 bits per heavy atom. The molecule has 0 spiro atoms. The van der Waals surface area contributed by atoms with Crippen LogP contribution in [0.5, 0.6) is 0 Å². The Kier molecular flexibility index (Phi) is 6.19. The molecule has 0 bridgehead atoms. The van der Waals surface area contributed by atoms with Crippen LogP contribution in [0.1, 0.15) is 50.3 Å². The first-order valence-electron chi connectivity index (χ1n) is 9.35. The van der Waals surface area contributed by atoms with Crippen molar-refractivity contribution in [3.8, 4) is 0 Å². The van der Waals surface area contributed by atoms with Crippen molar-refractivity contribution in [3.05, 3.63) is 58.9 Å². The largest absolute Gasteiger partial charge is 0.345 e. The van der Waals surface area contributed by atoms with Crippen molar-refractivity contribution < 1.29 is 4.79 Å². The number of carbonyl (C=O) groups is 1. The first kappa shape index (κ1) is 18.1. The summed E-state index contributed by atoms with van der Waals surface area (Å²) in [6.07, 6.45) is 7.55. The molecule has 0 saturated heterocycles. The zero-order valence-electron chi connectivity index (χ0n) is 15.0. The van der Waals surface area contributed by atoms with Crippen LogP contribution in [0, 0.1) is 5.92 Å². The predicted octanol–water partition coefficient (Wildman–Crippen LogP) is 5.12. The monoisotopic (exact) mass is 358 g/mol. The zero-order chi connectivity index (χ0) is 17.6. The minimum absolute atomic E-state index is 0.254. The number of unbranched alkanes of at least 4 members (excludes halogenated alkanes) is 1. The van der Waals surface area contributed by atoms with E-state index < -0.39 is 0 Å². The van der Waals surface area contributed by atoms with Crippen LogP contribution in [0.4, 0.5) is 0 Å². The maximum absolute atomic E-state index is 12.8. The van der Waals surface area contributed by atoms with Crippen LogP contribution in [-0.2, 0) is 17.9 Å². The fraction of sp³-hybridized carbons (Fsp3) is 0.476. The maximum atomic E-state index is 12.8. The Labute approximate surface area is 155 Å². The Bertz CT molecular complexity index is 705. The molecule has 1 fully saturated rings. The molecule has 3 nitrogen and oxygen atoms in total. The summed E-state index contributed by atoms with van der Waals surface area (Å²) in [4.78, 5) is 14.8. The van der Waals surface area contributed by atoms with Crippen molar-refractivity contribution in [2.45, 2.75) is 52.1 Å². The van der Waals surface area contributed by atoms with Gasteiger partial charge in [0, 0.05) is 35.9 Å². The highest BCUT2D eigenvalue weighted by molar-refractivity contribution is 6.31. The van der Waals surface area contributed by atoms with Crippen LogP contribution < -0.4 is 0 Å². The standard InChI is InChI=1S/C21H27ClN2O/c1-2-3-13-24(21(25)17-9-6-10-17)16-19-11-7-14-23(19)15-18-8-4-5-12-20(18)22/h4-5,7-8,11-12,14,17H,2-3,6,9-10,13,15-16H2,1H3. The third kappa shape index (κ3) is 4.46. The van der Waals surface area contributed by atoms with Gasteiger partial charge in [-0.3, -0.25) is 4.79 Å². The van der Waals surface area contributed by atoms with Crippen molar-refractivity contribution in [1.29, 1.82) is 0 Å². The smallest absolute Gasteiger partial charge is 0.226 e. The van der Waals surface area contributed by atoms with Gasteiger partial charge in [-0.15, -0.1) is 0 Å². The lowest BCUT2D eigenvalue weighted by Crippen LogP contribution is -2.39. The predicted molar refractivity (Wildman–Crippen MR) is 103 cm³/mol. The van der Waals surface area contributed by atoms with E-state index in [4.69, 9.17) is 11.6 Å². The van der Waals surface area contributed by atoms with Crippen molar-refractivity contribution in [2.24, 2.45) is 5.92 Å². The molecule has 1 heterocycles. The van der Waals surface area contributed by atoms with Crippen LogP contribution >= 0.6 is 11.6 Å². The molecule has 1 aliphatic carbocycles. The van der Waals surface area contributed by atoms with Gasteiger partial charge in [0.1, 0.15) is 0 Å². The van der Waals surface area contributed by atoms with Crippen LogP contribution in [0.2, 0.25) is 5.02 Å². The topological polar surface area (TPSA) is 25.2 Å². The summed E-state index contributed by atoms with van der Waals surface area (Å²) in [5.41, 5.74) is 2.27. The molecule has 0 unspecified atom stereocenters. The van der Waals surface area contributed by atoms with Crippen molar-refractivity contribution in [1.82, 2.24) is 9.47 Å². The van der Waals surface area contributed by atoms with Crippen LogP contribution in [0.25, 0.3) is 0 Å². The lowest BCUT2D eigenvalue weighted by molar-refractivity contribution is -0.139. The van der Waals surface area contributed by atoms with E-state index in [2.05, 4.69) is 40.8 Å². The molecule has 1 saturated carbocycles. The molecule has 0 atom stereocenters. The lowest BCUT2D eigenvalue weighted by atomic mass is 9.84. The van der Waals surface area contributed by atoms with Gasteiger partial charge in [0.05, 0.1) is 6.54 Å². The molecule has 0 N–H and O–H groups in total. The Morgan fingerprint density at radius 3 is 2.72 bits per heavy atom. The fourth-order valence-electron chi connectivity index (χ4n) is 3.28. The number of halogens is 1. The van der Waals surface area contributed by atoms with E-state index in [9.17, 15) is 4.79 Å². The minimum atomic E-state index is 0.254. The fourth-order valence-corrected chi connectivity index (χ4v) is 3.48. The molecular formula is C21H27ClN2O. The molecular weight excluding hydrogens is 332 g/mol. The lowest BCUT2D eigenvalue weighted by Gasteiger charge is -2.32. The van der Waals surface area contributed by atoms with Crippen molar-refractivity contribution in [3.63, 3.8) is 0 Å². The average Bonchev–Trinajstić information content (AvgIpc) is 2.98. The van der Waals surface area contributed by atoms with E-state index in [-0.39, 0.29) is 5.92 Å². The zero-order valence-corrected chi connectivity index (χ0v) is 15.7. The van der Waals surface area contributed by atoms with Crippen molar-refractivity contribution >= 4 is 17.5 Å². The van der Waals surface area contributed by atoms with Gasteiger partial charge in [-0.25, -0.2) is 0 Å². The Morgan fingerprint density at radius 2 is 2.04 bits per heavy atom. The third-order valence-electron chi connectivity index (χ3n) is 5.12. The van der Waals surface area contributed by atoms with E-state index in [0.29, 0.717) is 12.5 Å². The Hall–Kier alpha value is -1.74. The molecule has 25 heavy (non-hydrogen) atoms. The van der Waals surface area contributed by atoms with E-state index >= 15 is 0 Å².